The van der Waals surface area contributed by atoms with Gasteiger partial charge in [-0.15, -0.1) is 0 Å². The van der Waals surface area contributed by atoms with Crippen LogP contribution < -0.4 is 10.1 Å². The first kappa shape index (κ1) is 18.4. The predicted molar refractivity (Wildman–Crippen MR) is 91.0 cm³/mol. The number of esters is 1. The quantitative estimate of drug-likeness (QED) is 0.747. The van der Waals surface area contributed by atoms with Crippen LogP contribution in [0.25, 0.3) is 0 Å². The lowest BCUT2D eigenvalue weighted by atomic mass is 10.1. The van der Waals surface area contributed by atoms with Crippen LogP contribution in [0.3, 0.4) is 0 Å². The SMILES string of the molecule is CCOC(=O)c1ccccc1OCC(=O)NCCc1ccc(F)cc1. The Hall–Kier alpha value is -2.89. The summed E-state index contributed by atoms with van der Waals surface area (Å²) in [5.74, 6) is -0.785. The van der Waals surface area contributed by atoms with Crippen molar-refractivity contribution in [1.82, 2.24) is 5.32 Å². The number of amides is 1. The summed E-state index contributed by atoms with van der Waals surface area (Å²) in [4.78, 5) is 23.7. The topological polar surface area (TPSA) is 64.6 Å². The van der Waals surface area contributed by atoms with Crippen LogP contribution in [-0.2, 0) is 16.0 Å². The van der Waals surface area contributed by atoms with Gasteiger partial charge in [0, 0.05) is 6.54 Å². The second-order valence-corrected chi connectivity index (χ2v) is 5.23. The molecule has 0 aromatic heterocycles. The standard InChI is InChI=1S/C19H20FNO4/c1-2-24-19(23)16-5-3-4-6-17(16)25-13-18(22)21-12-11-14-7-9-15(20)10-8-14/h3-10H,2,11-13H2,1H3,(H,21,22). The number of hydrogen-bond acceptors (Lipinski definition) is 4. The van der Waals surface area contributed by atoms with Crippen LogP contribution in [0.1, 0.15) is 22.8 Å². The first-order valence-electron chi connectivity index (χ1n) is 8.00. The number of carbonyl (C=O) groups excluding carboxylic acids is 2. The normalized spacial score (nSPS) is 10.2. The summed E-state index contributed by atoms with van der Waals surface area (Å²) < 4.78 is 23.2. The lowest BCUT2D eigenvalue weighted by Crippen LogP contribution is -2.30. The molecule has 2 aromatic rings. The van der Waals surface area contributed by atoms with Crippen molar-refractivity contribution in [3.05, 3.63) is 65.5 Å². The zero-order chi connectivity index (χ0) is 18.1. The molecule has 0 spiro atoms. The van der Waals surface area contributed by atoms with Crippen molar-refractivity contribution in [2.24, 2.45) is 0 Å². The molecular formula is C19H20FNO4. The minimum Gasteiger partial charge on any atom is -0.483 e. The zero-order valence-electron chi connectivity index (χ0n) is 14.0. The van der Waals surface area contributed by atoms with E-state index in [4.69, 9.17) is 9.47 Å². The zero-order valence-corrected chi connectivity index (χ0v) is 14.0. The summed E-state index contributed by atoms with van der Waals surface area (Å²) in [5, 5.41) is 2.72. The van der Waals surface area contributed by atoms with Crippen molar-refractivity contribution >= 4 is 11.9 Å². The first-order chi connectivity index (χ1) is 12.1. The minimum absolute atomic E-state index is 0.208. The Morgan fingerprint density at radius 2 is 1.80 bits per heavy atom. The minimum atomic E-state index is -0.491. The molecular weight excluding hydrogens is 325 g/mol. The van der Waals surface area contributed by atoms with E-state index in [2.05, 4.69) is 5.32 Å². The Balaban J connectivity index is 1.80. The van der Waals surface area contributed by atoms with Gasteiger partial charge in [0.25, 0.3) is 5.91 Å². The molecule has 0 saturated heterocycles. The highest BCUT2D eigenvalue weighted by atomic mass is 19.1. The molecule has 5 nitrogen and oxygen atoms in total. The number of hydrogen-bond donors (Lipinski definition) is 1. The van der Waals surface area contributed by atoms with Gasteiger partial charge in [-0.1, -0.05) is 24.3 Å². The summed E-state index contributed by atoms with van der Waals surface area (Å²) in [7, 11) is 0. The van der Waals surface area contributed by atoms with E-state index in [1.165, 1.54) is 12.1 Å². The molecule has 0 aliphatic rings. The summed E-state index contributed by atoms with van der Waals surface area (Å²) in [6, 6.07) is 12.7. The third-order valence-corrected chi connectivity index (χ3v) is 3.39. The lowest BCUT2D eigenvalue weighted by molar-refractivity contribution is -0.123. The summed E-state index contributed by atoms with van der Waals surface area (Å²) in [6.07, 6.45) is 0.589. The molecule has 2 aromatic carbocycles. The Bertz CT molecular complexity index is 716. The van der Waals surface area contributed by atoms with E-state index in [0.29, 0.717) is 18.7 Å². The monoisotopic (exact) mass is 345 g/mol. The predicted octanol–water partition coefficient (Wildman–Crippen LogP) is 2.74. The molecule has 1 amide bonds. The third-order valence-electron chi connectivity index (χ3n) is 3.39. The van der Waals surface area contributed by atoms with Crippen molar-refractivity contribution in [2.75, 3.05) is 19.8 Å². The molecule has 0 heterocycles. The number of benzene rings is 2. The maximum Gasteiger partial charge on any atom is 0.341 e. The highest BCUT2D eigenvalue weighted by molar-refractivity contribution is 5.92. The largest absolute Gasteiger partial charge is 0.483 e. The van der Waals surface area contributed by atoms with Crippen LogP contribution in [0.4, 0.5) is 4.39 Å². The van der Waals surface area contributed by atoms with Gasteiger partial charge in [0.2, 0.25) is 0 Å². The molecule has 0 aliphatic carbocycles. The van der Waals surface area contributed by atoms with Crippen LogP contribution in [0.5, 0.6) is 5.75 Å². The van der Waals surface area contributed by atoms with Crippen LogP contribution in [0, 0.1) is 5.82 Å². The van der Waals surface area contributed by atoms with Crippen LogP contribution >= 0.6 is 0 Å². The highest BCUT2D eigenvalue weighted by Crippen LogP contribution is 2.18. The van der Waals surface area contributed by atoms with E-state index < -0.39 is 5.97 Å². The van der Waals surface area contributed by atoms with Gasteiger partial charge >= 0.3 is 5.97 Å². The molecule has 25 heavy (non-hydrogen) atoms. The van der Waals surface area contributed by atoms with E-state index in [9.17, 15) is 14.0 Å². The van der Waals surface area contributed by atoms with E-state index in [1.807, 2.05) is 0 Å². The maximum atomic E-state index is 12.8. The van der Waals surface area contributed by atoms with Crippen molar-refractivity contribution in [2.45, 2.75) is 13.3 Å². The van der Waals surface area contributed by atoms with Crippen molar-refractivity contribution in [1.29, 1.82) is 0 Å². The number of ether oxygens (including phenoxy) is 2. The number of rotatable bonds is 8. The van der Waals surface area contributed by atoms with Crippen LogP contribution in [-0.4, -0.2) is 31.6 Å². The van der Waals surface area contributed by atoms with E-state index >= 15 is 0 Å². The maximum absolute atomic E-state index is 12.8. The molecule has 6 heteroatoms. The Morgan fingerprint density at radius 3 is 2.52 bits per heavy atom. The third kappa shape index (κ3) is 5.91. The van der Waals surface area contributed by atoms with Crippen molar-refractivity contribution in [3.63, 3.8) is 0 Å². The number of halogens is 1. The van der Waals surface area contributed by atoms with Gasteiger partial charge in [0.15, 0.2) is 6.61 Å². The molecule has 0 fully saturated rings. The fourth-order valence-electron chi connectivity index (χ4n) is 2.16. The fraction of sp³-hybridized carbons (Fsp3) is 0.263. The smallest absolute Gasteiger partial charge is 0.341 e. The van der Waals surface area contributed by atoms with Gasteiger partial charge < -0.3 is 14.8 Å². The summed E-state index contributed by atoms with van der Waals surface area (Å²) >= 11 is 0. The number of nitrogens with one attached hydrogen (secondary N) is 1. The van der Waals surface area contributed by atoms with Gasteiger partial charge in [0.1, 0.15) is 17.1 Å². The van der Waals surface area contributed by atoms with Gasteiger partial charge in [-0.3, -0.25) is 4.79 Å². The average Bonchev–Trinajstić information content (AvgIpc) is 2.62. The second kappa shape index (κ2) is 9.42. The molecule has 0 atom stereocenters. The second-order valence-electron chi connectivity index (χ2n) is 5.23. The van der Waals surface area contributed by atoms with Gasteiger partial charge in [0.05, 0.1) is 6.61 Å². The van der Waals surface area contributed by atoms with E-state index in [0.717, 1.165) is 5.56 Å². The molecule has 0 aliphatic heterocycles. The first-order valence-corrected chi connectivity index (χ1v) is 8.00. The Kier molecular flexibility index (Phi) is 6.95. The summed E-state index contributed by atoms with van der Waals surface area (Å²) in [6.45, 7) is 2.18. The molecule has 0 bridgehead atoms. The van der Waals surface area contributed by atoms with Crippen molar-refractivity contribution in [3.8, 4) is 5.75 Å². The van der Waals surface area contributed by atoms with Crippen molar-refractivity contribution < 1.29 is 23.5 Å². The van der Waals surface area contributed by atoms with E-state index in [-0.39, 0.29) is 30.5 Å². The summed E-state index contributed by atoms with van der Waals surface area (Å²) in [5.41, 5.74) is 1.21. The highest BCUT2D eigenvalue weighted by Gasteiger charge is 2.14. The Morgan fingerprint density at radius 1 is 1.08 bits per heavy atom. The molecule has 0 unspecified atom stereocenters. The molecule has 0 saturated carbocycles. The lowest BCUT2D eigenvalue weighted by Gasteiger charge is -2.11. The van der Waals surface area contributed by atoms with E-state index in [1.54, 1.807) is 43.3 Å². The average molecular weight is 345 g/mol. The van der Waals surface area contributed by atoms with Gasteiger partial charge in [-0.05, 0) is 43.2 Å². The van der Waals surface area contributed by atoms with Gasteiger partial charge in [-0.2, -0.15) is 0 Å². The fourth-order valence-corrected chi connectivity index (χ4v) is 2.16. The van der Waals surface area contributed by atoms with Gasteiger partial charge in [-0.25, -0.2) is 9.18 Å². The van der Waals surface area contributed by atoms with Crippen LogP contribution in [0.2, 0.25) is 0 Å². The molecule has 2 rings (SSSR count). The molecule has 0 radical (unpaired) electrons. The number of para-hydroxylation sites is 1. The Labute approximate surface area is 145 Å². The molecule has 1 N–H and O–H groups in total. The van der Waals surface area contributed by atoms with Crippen LogP contribution in [0.15, 0.2) is 48.5 Å². The molecule has 132 valence electrons. The number of carbonyl (C=O) groups is 2.